The number of pyridine rings is 1. The third-order valence-corrected chi connectivity index (χ3v) is 4.95. The fourth-order valence-electron chi connectivity index (χ4n) is 1.87. The fourth-order valence-corrected chi connectivity index (χ4v) is 3.94. The van der Waals surface area contributed by atoms with E-state index in [0.717, 1.165) is 36.8 Å². The molecule has 0 atom stereocenters. The lowest BCUT2D eigenvalue weighted by Gasteiger charge is -2.10. The zero-order valence-electron chi connectivity index (χ0n) is 11.9. The molecule has 0 unspecified atom stereocenters. The number of nitrogens with zero attached hydrogens (tertiary/aromatic N) is 2. The van der Waals surface area contributed by atoms with E-state index in [9.17, 15) is 0 Å². The van der Waals surface area contributed by atoms with Gasteiger partial charge in [-0.1, -0.05) is 0 Å². The molecule has 2 aromatic heterocycles. The van der Waals surface area contributed by atoms with E-state index in [2.05, 4.69) is 47.1 Å². The van der Waals surface area contributed by atoms with Crippen LogP contribution in [0.4, 0.5) is 10.8 Å². The van der Waals surface area contributed by atoms with Gasteiger partial charge < -0.3 is 10.1 Å². The first kappa shape index (κ1) is 18.4. The average Bonchev–Trinajstić information content (AvgIpc) is 3.00. The predicted molar refractivity (Wildman–Crippen MR) is 107 cm³/mol. The summed E-state index contributed by atoms with van der Waals surface area (Å²) >= 11 is 8.63. The normalized spacial score (nSPS) is 10.0. The molecule has 0 aliphatic carbocycles. The first-order valence-corrected chi connectivity index (χ1v) is 8.80. The van der Waals surface area contributed by atoms with E-state index in [1.165, 1.54) is 0 Å². The number of anilines is 2. The highest BCUT2D eigenvalue weighted by Crippen LogP contribution is 2.38. The van der Waals surface area contributed by atoms with Gasteiger partial charge in [-0.3, -0.25) is 4.98 Å². The quantitative estimate of drug-likeness (QED) is 0.453. The smallest absolute Gasteiger partial charge is 0.187 e. The molecule has 0 aliphatic rings. The first-order valence-electron chi connectivity index (χ1n) is 6.33. The fraction of sp³-hybridized carbons (Fsp3) is 0.0667. The molecule has 0 saturated heterocycles. The maximum Gasteiger partial charge on any atom is 0.187 e. The molecule has 3 aromatic rings. The number of thiazole rings is 1. The van der Waals surface area contributed by atoms with Crippen LogP contribution in [0.5, 0.6) is 5.75 Å². The van der Waals surface area contributed by atoms with E-state index in [1.807, 2.05) is 29.6 Å². The molecule has 2 heterocycles. The summed E-state index contributed by atoms with van der Waals surface area (Å²) < 4.78 is 7.03. The SMILES string of the molecule is Br.COc1cc(Br)c(Nc2nc(-c3cccnc3)cs2)c(Br)c1. The van der Waals surface area contributed by atoms with Gasteiger partial charge in [0.25, 0.3) is 0 Å². The Morgan fingerprint density at radius 1 is 1.22 bits per heavy atom. The second kappa shape index (κ2) is 8.23. The molecule has 1 N–H and O–H groups in total. The number of ether oxygens (including phenoxy) is 1. The topological polar surface area (TPSA) is 47.0 Å². The van der Waals surface area contributed by atoms with Crippen LogP contribution in [0.15, 0.2) is 51.0 Å². The molecule has 0 saturated carbocycles. The summed E-state index contributed by atoms with van der Waals surface area (Å²) in [6.07, 6.45) is 3.55. The van der Waals surface area contributed by atoms with Gasteiger partial charge in [0.1, 0.15) is 5.75 Å². The lowest BCUT2D eigenvalue weighted by Crippen LogP contribution is -1.94. The van der Waals surface area contributed by atoms with Crippen molar-refractivity contribution in [2.24, 2.45) is 0 Å². The molecule has 3 rings (SSSR count). The van der Waals surface area contributed by atoms with E-state index < -0.39 is 0 Å². The molecule has 8 heteroatoms. The highest BCUT2D eigenvalue weighted by molar-refractivity contribution is 9.11. The number of hydrogen-bond acceptors (Lipinski definition) is 5. The summed E-state index contributed by atoms with van der Waals surface area (Å²) in [5, 5.41) is 6.13. The van der Waals surface area contributed by atoms with Crippen molar-refractivity contribution in [1.82, 2.24) is 9.97 Å². The third kappa shape index (κ3) is 4.32. The molecule has 120 valence electrons. The summed E-state index contributed by atoms with van der Waals surface area (Å²) in [4.78, 5) is 8.71. The van der Waals surface area contributed by atoms with Crippen molar-refractivity contribution in [2.75, 3.05) is 12.4 Å². The Labute approximate surface area is 165 Å². The number of aromatic nitrogens is 2. The van der Waals surface area contributed by atoms with Gasteiger partial charge in [-0.25, -0.2) is 4.98 Å². The molecule has 1 aromatic carbocycles. The Bertz CT molecular complexity index is 773. The number of halogens is 3. The lowest BCUT2D eigenvalue weighted by atomic mass is 10.2. The van der Waals surface area contributed by atoms with Crippen LogP contribution in [-0.2, 0) is 0 Å². The van der Waals surface area contributed by atoms with Crippen molar-refractivity contribution < 1.29 is 4.74 Å². The van der Waals surface area contributed by atoms with Gasteiger partial charge in [0, 0.05) is 32.3 Å². The van der Waals surface area contributed by atoms with Gasteiger partial charge in [0.15, 0.2) is 5.13 Å². The maximum atomic E-state index is 5.24. The molecule has 0 fully saturated rings. The summed E-state index contributed by atoms with van der Waals surface area (Å²) in [5.41, 5.74) is 2.81. The second-order valence-electron chi connectivity index (χ2n) is 4.37. The summed E-state index contributed by atoms with van der Waals surface area (Å²) in [7, 11) is 1.64. The van der Waals surface area contributed by atoms with Gasteiger partial charge in [-0.2, -0.15) is 0 Å². The number of methoxy groups -OCH3 is 1. The zero-order valence-corrected chi connectivity index (χ0v) is 17.6. The van der Waals surface area contributed by atoms with E-state index in [0.29, 0.717) is 0 Å². The summed E-state index contributed by atoms with van der Waals surface area (Å²) in [5.74, 6) is 0.777. The van der Waals surface area contributed by atoms with E-state index in [-0.39, 0.29) is 17.0 Å². The number of nitrogens with one attached hydrogen (secondary N) is 1. The van der Waals surface area contributed by atoms with Gasteiger partial charge in [0.05, 0.1) is 18.5 Å². The highest BCUT2D eigenvalue weighted by atomic mass is 79.9. The molecule has 23 heavy (non-hydrogen) atoms. The number of benzene rings is 1. The minimum absolute atomic E-state index is 0. The molecule has 0 radical (unpaired) electrons. The Kier molecular flexibility index (Phi) is 6.58. The standard InChI is InChI=1S/C15H11Br2N3OS.BrH/c1-21-10-5-11(16)14(12(17)6-10)20-15-19-13(8-22-15)9-3-2-4-18-7-9;/h2-8H,1H3,(H,19,20);1H. The van der Waals surface area contributed by atoms with Gasteiger partial charge in [0.2, 0.25) is 0 Å². The second-order valence-corrected chi connectivity index (χ2v) is 6.94. The van der Waals surface area contributed by atoms with Crippen LogP contribution >= 0.6 is 60.2 Å². The Morgan fingerprint density at radius 3 is 2.57 bits per heavy atom. The molecule has 4 nitrogen and oxygen atoms in total. The minimum Gasteiger partial charge on any atom is -0.497 e. The van der Waals surface area contributed by atoms with Crippen molar-refractivity contribution in [3.63, 3.8) is 0 Å². The number of hydrogen-bond donors (Lipinski definition) is 1. The third-order valence-electron chi connectivity index (χ3n) is 2.94. The van der Waals surface area contributed by atoms with Crippen molar-refractivity contribution in [3.8, 4) is 17.0 Å². The van der Waals surface area contributed by atoms with E-state index >= 15 is 0 Å². The molecule has 0 spiro atoms. The van der Waals surface area contributed by atoms with Crippen molar-refractivity contribution in [1.29, 1.82) is 0 Å². The molecular weight excluding hydrogens is 510 g/mol. The maximum absolute atomic E-state index is 5.24. The van der Waals surface area contributed by atoms with Crippen molar-refractivity contribution in [2.45, 2.75) is 0 Å². The van der Waals surface area contributed by atoms with E-state index in [1.54, 1.807) is 30.8 Å². The molecular formula is C15H12Br3N3OS. The largest absolute Gasteiger partial charge is 0.497 e. The Hall–Kier alpha value is -0.960. The first-order chi connectivity index (χ1) is 10.7. The molecule has 0 amide bonds. The average molecular weight is 522 g/mol. The van der Waals surface area contributed by atoms with Crippen LogP contribution in [0.25, 0.3) is 11.3 Å². The predicted octanol–water partition coefficient (Wildman–Crippen LogP) is 6.06. The van der Waals surface area contributed by atoms with Crippen molar-refractivity contribution in [3.05, 3.63) is 51.0 Å². The highest BCUT2D eigenvalue weighted by Gasteiger charge is 2.11. The Morgan fingerprint density at radius 2 is 1.96 bits per heavy atom. The molecule has 0 bridgehead atoms. The zero-order chi connectivity index (χ0) is 15.5. The van der Waals surface area contributed by atoms with Crippen LogP contribution in [0.3, 0.4) is 0 Å². The number of rotatable bonds is 4. The van der Waals surface area contributed by atoms with Crippen LogP contribution < -0.4 is 10.1 Å². The van der Waals surface area contributed by atoms with Crippen LogP contribution in [-0.4, -0.2) is 17.1 Å². The van der Waals surface area contributed by atoms with Gasteiger partial charge in [-0.05, 0) is 56.1 Å². The monoisotopic (exact) mass is 519 g/mol. The summed E-state index contributed by atoms with van der Waals surface area (Å²) in [6, 6.07) is 7.70. The van der Waals surface area contributed by atoms with Gasteiger partial charge >= 0.3 is 0 Å². The van der Waals surface area contributed by atoms with Crippen LogP contribution in [0.1, 0.15) is 0 Å². The minimum atomic E-state index is 0. The van der Waals surface area contributed by atoms with Gasteiger partial charge in [-0.15, -0.1) is 28.3 Å². The van der Waals surface area contributed by atoms with Crippen molar-refractivity contribution >= 4 is 71.0 Å². The summed E-state index contributed by atoms with van der Waals surface area (Å²) in [6.45, 7) is 0. The molecule has 0 aliphatic heterocycles. The Balaban J connectivity index is 0.00000192. The van der Waals surface area contributed by atoms with Crippen LogP contribution in [0.2, 0.25) is 0 Å². The van der Waals surface area contributed by atoms with Crippen LogP contribution in [0, 0.1) is 0 Å². The lowest BCUT2D eigenvalue weighted by molar-refractivity contribution is 0.414. The van der Waals surface area contributed by atoms with E-state index in [4.69, 9.17) is 4.74 Å².